The van der Waals surface area contributed by atoms with Crippen LogP contribution in [0.5, 0.6) is 0 Å². The van der Waals surface area contributed by atoms with Gasteiger partial charge in [-0.15, -0.1) is 0 Å². The highest BCUT2D eigenvalue weighted by molar-refractivity contribution is 7.89. The van der Waals surface area contributed by atoms with Crippen molar-refractivity contribution in [3.8, 4) is 0 Å². The first kappa shape index (κ1) is 19.7. The minimum Gasteiger partial charge on any atom is -0.444 e. The van der Waals surface area contributed by atoms with Gasteiger partial charge < -0.3 is 10.1 Å². The highest BCUT2D eigenvalue weighted by Gasteiger charge is 2.31. The summed E-state index contributed by atoms with van der Waals surface area (Å²) in [7, 11) is -3.87. The number of rotatable bonds is 4. The normalized spacial score (nSPS) is 21.6. The van der Waals surface area contributed by atoms with E-state index in [1.807, 2.05) is 0 Å². The summed E-state index contributed by atoms with van der Waals surface area (Å²) in [5, 5.41) is 2.75. The van der Waals surface area contributed by atoms with Crippen molar-refractivity contribution >= 4 is 16.1 Å². The molecule has 1 amide bonds. The summed E-state index contributed by atoms with van der Waals surface area (Å²) in [5.41, 5.74) is -0.630. The molecule has 6 nitrogen and oxygen atoms in total. The molecule has 2 rings (SSSR count). The summed E-state index contributed by atoms with van der Waals surface area (Å²) in [6, 6.07) is 4.01. The second-order valence-electron chi connectivity index (χ2n) is 7.22. The molecule has 1 saturated carbocycles. The Hall–Kier alpha value is -1.67. The first-order valence-corrected chi connectivity index (χ1v) is 9.82. The Balaban J connectivity index is 2.09. The molecular formula is C17H25FN2O4S. The predicted molar refractivity (Wildman–Crippen MR) is 92.1 cm³/mol. The van der Waals surface area contributed by atoms with Crippen LogP contribution in [0.25, 0.3) is 0 Å². The average Bonchev–Trinajstić information content (AvgIpc) is 2.47. The molecular weight excluding hydrogens is 347 g/mol. The van der Waals surface area contributed by atoms with Gasteiger partial charge >= 0.3 is 6.09 Å². The van der Waals surface area contributed by atoms with Gasteiger partial charge in [0, 0.05) is 12.1 Å². The Kier molecular flexibility index (Phi) is 6.05. The number of carbonyl (C=O) groups excluding carboxylic acids is 1. The molecule has 0 aliphatic heterocycles. The van der Waals surface area contributed by atoms with Gasteiger partial charge in [-0.2, -0.15) is 0 Å². The molecule has 25 heavy (non-hydrogen) atoms. The zero-order chi connectivity index (χ0) is 18.7. The maximum Gasteiger partial charge on any atom is 0.407 e. The van der Waals surface area contributed by atoms with E-state index in [-0.39, 0.29) is 10.9 Å². The van der Waals surface area contributed by atoms with Crippen molar-refractivity contribution in [2.24, 2.45) is 0 Å². The second kappa shape index (κ2) is 7.70. The van der Waals surface area contributed by atoms with E-state index < -0.39 is 33.6 Å². The minimum atomic E-state index is -3.87. The zero-order valence-corrected chi connectivity index (χ0v) is 15.5. The van der Waals surface area contributed by atoms with E-state index in [1.165, 1.54) is 18.2 Å². The lowest BCUT2D eigenvalue weighted by atomic mass is 9.91. The van der Waals surface area contributed by atoms with Crippen LogP contribution < -0.4 is 10.0 Å². The lowest BCUT2D eigenvalue weighted by molar-refractivity contribution is 0.0483. The molecule has 0 saturated heterocycles. The fraction of sp³-hybridized carbons (Fsp3) is 0.588. The third-order valence-electron chi connectivity index (χ3n) is 3.88. The fourth-order valence-electron chi connectivity index (χ4n) is 2.81. The van der Waals surface area contributed by atoms with E-state index in [4.69, 9.17) is 4.74 Å². The third kappa shape index (κ3) is 5.97. The summed E-state index contributed by atoms with van der Waals surface area (Å²) in [6.45, 7) is 5.28. The standard InChI is InChI=1S/C17H25FN2O4S/c1-17(2,3)24-16(21)19-14-9-4-5-10-15(14)20-25(22,23)13-8-6-7-12(18)11-13/h6-8,11,14-15,20H,4-5,9-10H2,1-3H3,(H,19,21)/t14-,15+/m1/s1. The Bertz CT molecular complexity index is 716. The van der Waals surface area contributed by atoms with Crippen molar-refractivity contribution in [3.63, 3.8) is 0 Å². The summed E-state index contributed by atoms with van der Waals surface area (Å²) in [4.78, 5) is 11.9. The lowest BCUT2D eigenvalue weighted by Gasteiger charge is -2.33. The Morgan fingerprint density at radius 1 is 1.20 bits per heavy atom. The van der Waals surface area contributed by atoms with Crippen molar-refractivity contribution < 1.29 is 22.3 Å². The lowest BCUT2D eigenvalue weighted by Crippen LogP contribution is -2.53. The maximum absolute atomic E-state index is 13.3. The van der Waals surface area contributed by atoms with Gasteiger partial charge in [0.1, 0.15) is 11.4 Å². The molecule has 0 aromatic heterocycles. The van der Waals surface area contributed by atoms with Gasteiger partial charge in [0.25, 0.3) is 0 Å². The highest BCUT2D eigenvalue weighted by Crippen LogP contribution is 2.22. The van der Waals surface area contributed by atoms with Crippen LogP contribution in [0, 0.1) is 5.82 Å². The van der Waals surface area contributed by atoms with Crippen molar-refractivity contribution in [1.82, 2.24) is 10.0 Å². The summed E-state index contributed by atoms with van der Waals surface area (Å²) in [5.74, 6) is -0.616. The molecule has 0 unspecified atom stereocenters. The van der Waals surface area contributed by atoms with Crippen LogP contribution in [-0.4, -0.2) is 32.2 Å². The van der Waals surface area contributed by atoms with E-state index in [0.29, 0.717) is 12.8 Å². The molecule has 8 heteroatoms. The van der Waals surface area contributed by atoms with Gasteiger partial charge in [0.05, 0.1) is 4.90 Å². The molecule has 2 atom stereocenters. The molecule has 1 aliphatic carbocycles. The van der Waals surface area contributed by atoms with Gasteiger partial charge in [0.2, 0.25) is 10.0 Å². The number of hydrogen-bond acceptors (Lipinski definition) is 4. The molecule has 1 aromatic rings. The molecule has 0 heterocycles. The van der Waals surface area contributed by atoms with E-state index in [0.717, 1.165) is 18.9 Å². The summed E-state index contributed by atoms with van der Waals surface area (Å²) >= 11 is 0. The number of hydrogen-bond donors (Lipinski definition) is 2. The number of carbonyl (C=O) groups is 1. The van der Waals surface area contributed by atoms with Gasteiger partial charge in [-0.25, -0.2) is 22.3 Å². The molecule has 1 aromatic carbocycles. The zero-order valence-electron chi connectivity index (χ0n) is 14.7. The van der Waals surface area contributed by atoms with Crippen LogP contribution in [0.2, 0.25) is 0 Å². The largest absolute Gasteiger partial charge is 0.444 e. The number of ether oxygens (including phenoxy) is 1. The topological polar surface area (TPSA) is 84.5 Å². The van der Waals surface area contributed by atoms with E-state index in [1.54, 1.807) is 20.8 Å². The Labute approximate surface area is 148 Å². The van der Waals surface area contributed by atoms with Crippen LogP contribution in [0.4, 0.5) is 9.18 Å². The quantitative estimate of drug-likeness (QED) is 0.851. The number of benzene rings is 1. The van der Waals surface area contributed by atoms with Crippen LogP contribution >= 0.6 is 0 Å². The fourth-order valence-corrected chi connectivity index (χ4v) is 4.15. The minimum absolute atomic E-state index is 0.130. The molecule has 2 N–H and O–H groups in total. The Morgan fingerprint density at radius 3 is 2.44 bits per heavy atom. The highest BCUT2D eigenvalue weighted by atomic mass is 32.2. The monoisotopic (exact) mass is 372 g/mol. The summed E-state index contributed by atoms with van der Waals surface area (Å²) in [6.07, 6.45) is 2.40. The van der Waals surface area contributed by atoms with Crippen molar-refractivity contribution in [1.29, 1.82) is 0 Å². The maximum atomic E-state index is 13.3. The number of halogens is 1. The van der Waals surface area contributed by atoms with Crippen LogP contribution in [0.3, 0.4) is 0 Å². The van der Waals surface area contributed by atoms with Gasteiger partial charge in [-0.1, -0.05) is 18.9 Å². The second-order valence-corrected chi connectivity index (χ2v) is 8.94. The number of sulfonamides is 1. The van der Waals surface area contributed by atoms with Crippen molar-refractivity contribution in [2.45, 2.75) is 69.0 Å². The van der Waals surface area contributed by atoms with Crippen LogP contribution in [0.15, 0.2) is 29.2 Å². The number of alkyl carbamates (subject to hydrolysis) is 1. The SMILES string of the molecule is CC(C)(C)OC(=O)N[C@@H]1CCCC[C@@H]1NS(=O)(=O)c1cccc(F)c1. The summed E-state index contributed by atoms with van der Waals surface area (Å²) < 4.78 is 46.1. The smallest absolute Gasteiger partial charge is 0.407 e. The molecule has 0 radical (unpaired) electrons. The molecule has 0 spiro atoms. The first-order valence-electron chi connectivity index (χ1n) is 8.34. The third-order valence-corrected chi connectivity index (χ3v) is 5.37. The van der Waals surface area contributed by atoms with Gasteiger partial charge in [-0.3, -0.25) is 0 Å². The first-order chi connectivity index (χ1) is 11.6. The average molecular weight is 372 g/mol. The van der Waals surface area contributed by atoms with E-state index in [9.17, 15) is 17.6 Å². The molecule has 1 fully saturated rings. The predicted octanol–water partition coefficient (Wildman–Crippen LogP) is 2.94. The molecule has 1 aliphatic rings. The molecule has 0 bridgehead atoms. The van der Waals surface area contributed by atoms with Crippen LogP contribution in [-0.2, 0) is 14.8 Å². The van der Waals surface area contributed by atoms with E-state index in [2.05, 4.69) is 10.0 Å². The molecule has 140 valence electrons. The number of amides is 1. The van der Waals surface area contributed by atoms with Crippen LogP contribution in [0.1, 0.15) is 46.5 Å². The van der Waals surface area contributed by atoms with Crippen molar-refractivity contribution in [3.05, 3.63) is 30.1 Å². The van der Waals surface area contributed by atoms with Gasteiger partial charge in [-0.05, 0) is 51.8 Å². The van der Waals surface area contributed by atoms with Gasteiger partial charge in [0.15, 0.2) is 0 Å². The number of nitrogens with one attached hydrogen (secondary N) is 2. The van der Waals surface area contributed by atoms with E-state index >= 15 is 0 Å². The van der Waals surface area contributed by atoms with Crippen molar-refractivity contribution in [2.75, 3.05) is 0 Å². The Morgan fingerprint density at radius 2 is 1.84 bits per heavy atom.